The van der Waals surface area contributed by atoms with Crippen molar-refractivity contribution in [2.24, 2.45) is 0 Å². The molecular weight excluding hydrogens is 468 g/mol. The lowest BCUT2D eigenvalue weighted by atomic mass is 10.1. The molecule has 188 valence electrons. The molecule has 1 amide bonds. The van der Waals surface area contributed by atoms with Crippen LogP contribution in [0.5, 0.6) is 5.75 Å². The van der Waals surface area contributed by atoms with Crippen molar-refractivity contribution in [3.8, 4) is 5.75 Å². The summed E-state index contributed by atoms with van der Waals surface area (Å²) in [5.41, 5.74) is -0.615. The third kappa shape index (κ3) is 4.70. The summed E-state index contributed by atoms with van der Waals surface area (Å²) in [5, 5.41) is 5.53. The largest absolute Gasteiger partial charge is 0.495 e. The predicted molar refractivity (Wildman–Crippen MR) is 125 cm³/mol. The number of fused-ring (bicyclic) bond motifs is 1. The van der Waals surface area contributed by atoms with Crippen LogP contribution in [0.25, 0.3) is 11.0 Å². The van der Waals surface area contributed by atoms with E-state index in [1.807, 2.05) is 14.0 Å². The number of anilines is 3. The lowest BCUT2D eigenvalue weighted by molar-refractivity contribution is -0.136. The maximum absolute atomic E-state index is 15.1. The summed E-state index contributed by atoms with van der Waals surface area (Å²) in [6.07, 6.45) is -3.71. The molecule has 0 radical (unpaired) electrons. The molecule has 3 N–H and O–H groups in total. The Balaban J connectivity index is 1.67. The molecule has 2 aromatic heterocycles. The highest BCUT2D eigenvalue weighted by molar-refractivity contribution is 5.97. The van der Waals surface area contributed by atoms with Gasteiger partial charge in [0.15, 0.2) is 0 Å². The Morgan fingerprint density at radius 2 is 1.97 bits per heavy atom. The van der Waals surface area contributed by atoms with Crippen LogP contribution in [-0.4, -0.2) is 72.6 Å². The SMILES string of the molecule is CNc1cc(Nc2cc(F)c(C(=O)N3CCN(C)CC3C)cc2OC)nc2[nH]cc(C(F)(F)F)c12. The highest BCUT2D eigenvalue weighted by Crippen LogP contribution is 2.39. The third-order valence-electron chi connectivity index (χ3n) is 6.09. The van der Waals surface area contributed by atoms with Crippen molar-refractivity contribution < 1.29 is 27.1 Å². The average Bonchev–Trinajstić information content (AvgIpc) is 3.23. The number of rotatable bonds is 5. The van der Waals surface area contributed by atoms with Gasteiger partial charge in [0.2, 0.25) is 0 Å². The molecular formula is C23H26F4N6O2. The van der Waals surface area contributed by atoms with E-state index in [1.165, 1.54) is 26.3 Å². The summed E-state index contributed by atoms with van der Waals surface area (Å²) in [5.74, 6) is -0.844. The number of nitrogens with one attached hydrogen (secondary N) is 3. The molecule has 1 aliphatic heterocycles. The van der Waals surface area contributed by atoms with Crippen LogP contribution in [0, 0.1) is 5.82 Å². The van der Waals surface area contributed by atoms with Crippen LogP contribution in [0.2, 0.25) is 0 Å². The van der Waals surface area contributed by atoms with E-state index in [4.69, 9.17) is 4.74 Å². The molecule has 35 heavy (non-hydrogen) atoms. The van der Waals surface area contributed by atoms with Crippen LogP contribution in [0.1, 0.15) is 22.8 Å². The van der Waals surface area contributed by atoms with Gasteiger partial charge in [0.05, 0.1) is 29.3 Å². The second-order valence-electron chi connectivity index (χ2n) is 8.50. The van der Waals surface area contributed by atoms with Gasteiger partial charge >= 0.3 is 6.18 Å². The van der Waals surface area contributed by atoms with E-state index in [-0.39, 0.29) is 45.6 Å². The Kier molecular flexibility index (Phi) is 6.50. The fourth-order valence-electron chi connectivity index (χ4n) is 4.34. The van der Waals surface area contributed by atoms with Gasteiger partial charge in [-0.25, -0.2) is 9.37 Å². The number of likely N-dealkylation sites (N-methyl/N-ethyl adjacent to an activating group) is 1. The van der Waals surface area contributed by atoms with E-state index in [9.17, 15) is 18.0 Å². The van der Waals surface area contributed by atoms with Crippen molar-refractivity contribution in [1.82, 2.24) is 19.8 Å². The Morgan fingerprint density at radius 1 is 1.23 bits per heavy atom. The molecule has 0 aliphatic carbocycles. The van der Waals surface area contributed by atoms with Gasteiger partial charge in [-0.2, -0.15) is 13.2 Å². The number of pyridine rings is 1. The Hall–Kier alpha value is -3.54. The number of aromatic amines is 1. The van der Waals surface area contributed by atoms with Crippen molar-refractivity contribution >= 4 is 34.1 Å². The van der Waals surface area contributed by atoms with Gasteiger partial charge < -0.3 is 30.2 Å². The molecule has 12 heteroatoms. The summed E-state index contributed by atoms with van der Waals surface area (Å²) >= 11 is 0. The molecule has 1 aromatic carbocycles. The number of methoxy groups -OCH3 is 1. The standard InChI is InChI=1S/C23H26F4N6O2/c1-12-11-32(3)5-6-33(12)22(34)13-7-18(35-4)16(8-15(13)24)30-19-9-17(28-2)20-14(23(25,26)27)10-29-21(20)31-19/h7-10,12H,5-6,11H2,1-4H3,(H3,28,29,30,31). The van der Waals surface area contributed by atoms with Crippen molar-refractivity contribution in [2.75, 3.05) is 51.5 Å². The highest BCUT2D eigenvalue weighted by Gasteiger charge is 2.35. The summed E-state index contributed by atoms with van der Waals surface area (Å²) in [7, 11) is 4.83. The predicted octanol–water partition coefficient (Wildman–Crippen LogP) is 4.29. The average molecular weight is 494 g/mol. The monoisotopic (exact) mass is 494 g/mol. The first kappa shape index (κ1) is 24.6. The number of carbonyl (C=O) groups excluding carboxylic acids is 1. The number of H-pyrrole nitrogens is 1. The van der Waals surface area contributed by atoms with Gasteiger partial charge in [0.25, 0.3) is 5.91 Å². The number of ether oxygens (including phenoxy) is 1. The lowest BCUT2D eigenvalue weighted by Crippen LogP contribution is -2.52. The molecule has 1 fully saturated rings. The van der Waals surface area contributed by atoms with E-state index >= 15 is 4.39 Å². The number of nitrogens with zero attached hydrogens (tertiary/aromatic N) is 3. The van der Waals surface area contributed by atoms with Gasteiger partial charge in [-0.05, 0) is 20.0 Å². The molecule has 1 unspecified atom stereocenters. The maximum atomic E-state index is 15.1. The van der Waals surface area contributed by atoms with Gasteiger partial charge in [-0.15, -0.1) is 0 Å². The van der Waals surface area contributed by atoms with Gasteiger partial charge in [-0.3, -0.25) is 4.79 Å². The molecule has 8 nitrogen and oxygen atoms in total. The number of benzene rings is 1. The smallest absolute Gasteiger partial charge is 0.418 e. The zero-order chi connectivity index (χ0) is 25.5. The van der Waals surface area contributed by atoms with Crippen LogP contribution >= 0.6 is 0 Å². The number of hydrogen-bond acceptors (Lipinski definition) is 6. The number of halogens is 4. The number of amides is 1. The number of hydrogen-bond donors (Lipinski definition) is 3. The molecule has 0 saturated carbocycles. The molecule has 3 aromatic rings. The Morgan fingerprint density at radius 3 is 2.60 bits per heavy atom. The van der Waals surface area contributed by atoms with Crippen molar-refractivity contribution in [3.63, 3.8) is 0 Å². The summed E-state index contributed by atoms with van der Waals surface area (Å²) < 4.78 is 60.5. The van der Waals surface area contributed by atoms with Gasteiger partial charge in [0, 0.05) is 56.7 Å². The van der Waals surface area contributed by atoms with Gasteiger partial charge in [0.1, 0.15) is 23.0 Å². The van der Waals surface area contributed by atoms with Crippen LogP contribution < -0.4 is 15.4 Å². The second kappa shape index (κ2) is 9.25. The molecule has 1 atom stereocenters. The quantitative estimate of drug-likeness (QED) is 0.459. The van der Waals surface area contributed by atoms with E-state index in [2.05, 4.69) is 25.5 Å². The molecule has 0 spiro atoms. The number of carbonyl (C=O) groups is 1. The first-order valence-electron chi connectivity index (χ1n) is 10.9. The molecule has 4 rings (SSSR count). The number of alkyl halides is 3. The first-order chi connectivity index (χ1) is 16.5. The summed E-state index contributed by atoms with van der Waals surface area (Å²) in [6, 6.07) is 3.74. The summed E-state index contributed by atoms with van der Waals surface area (Å²) in [6.45, 7) is 3.75. The lowest BCUT2D eigenvalue weighted by Gasteiger charge is -2.38. The first-order valence-corrected chi connectivity index (χ1v) is 10.9. The number of piperazine rings is 1. The second-order valence-corrected chi connectivity index (χ2v) is 8.50. The van der Waals surface area contributed by atoms with Crippen molar-refractivity contribution in [2.45, 2.75) is 19.1 Å². The fraction of sp³-hybridized carbons (Fsp3) is 0.391. The van der Waals surface area contributed by atoms with Gasteiger partial charge in [-0.1, -0.05) is 0 Å². The topological polar surface area (TPSA) is 85.5 Å². The van der Waals surface area contributed by atoms with Crippen LogP contribution in [0.4, 0.5) is 34.8 Å². The maximum Gasteiger partial charge on any atom is 0.418 e. The van der Waals surface area contributed by atoms with E-state index in [1.54, 1.807) is 4.90 Å². The minimum absolute atomic E-state index is 0.00182. The van der Waals surface area contributed by atoms with Crippen LogP contribution in [-0.2, 0) is 6.18 Å². The van der Waals surface area contributed by atoms with Crippen molar-refractivity contribution in [1.29, 1.82) is 0 Å². The van der Waals surface area contributed by atoms with E-state index in [0.29, 0.717) is 19.6 Å². The Labute approximate surface area is 199 Å². The fourth-order valence-corrected chi connectivity index (χ4v) is 4.34. The van der Waals surface area contributed by atoms with E-state index in [0.717, 1.165) is 12.3 Å². The third-order valence-corrected chi connectivity index (χ3v) is 6.09. The molecule has 0 bridgehead atoms. The Bertz CT molecular complexity index is 1260. The zero-order valence-corrected chi connectivity index (χ0v) is 19.7. The normalized spacial score (nSPS) is 17.0. The zero-order valence-electron chi connectivity index (χ0n) is 19.7. The molecule has 3 heterocycles. The number of aromatic nitrogens is 2. The van der Waals surface area contributed by atoms with E-state index < -0.39 is 23.5 Å². The minimum Gasteiger partial charge on any atom is -0.495 e. The van der Waals surface area contributed by atoms with Crippen molar-refractivity contribution in [3.05, 3.63) is 41.3 Å². The minimum atomic E-state index is -4.56. The molecule has 1 aliphatic rings. The highest BCUT2D eigenvalue weighted by atomic mass is 19.4. The molecule has 1 saturated heterocycles. The van der Waals surface area contributed by atoms with Crippen LogP contribution in [0.15, 0.2) is 24.4 Å². The van der Waals surface area contributed by atoms with Crippen LogP contribution in [0.3, 0.4) is 0 Å². The summed E-state index contributed by atoms with van der Waals surface area (Å²) in [4.78, 5) is 23.5.